The highest BCUT2D eigenvalue weighted by Gasteiger charge is 2.23. The minimum atomic E-state index is -0.267. The average molecular weight is 461 g/mol. The van der Waals surface area contributed by atoms with E-state index in [-0.39, 0.29) is 11.4 Å². The van der Waals surface area contributed by atoms with Crippen molar-refractivity contribution in [3.63, 3.8) is 0 Å². The van der Waals surface area contributed by atoms with Crippen molar-refractivity contribution < 1.29 is 4.39 Å². The molecule has 2 aromatic heterocycles. The SMILES string of the molecule is Cc1cc2cc(CN(Cc3ccc(F)cc3)Cc3nnnn3C3CCCC3)c(=O)[nH]c2cc1C. The predicted molar refractivity (Wildman–Crippen MR) is 129 cm³/mol. The van der Waals surface area contributed by atoms with Crippen LogP contribution in [0.1, 0.15) is 59.8 Å². The Bertz CT molecular complexity index is 1350. The molecule has 4 aromatic rings. The van der Waals surface area contributed by atoms with E-state index in [0.717, 1.165) is 40.7 Å². The third kappa shape index (κ3) is 4.77. The molecule has 0 amide bonds. The number of hydrogen-bond acceptors (Lipinski definition) is 5. The Morgan fingerprint density at radius 3 is 2.53 bits per heavy atom. The molecule has 1 saturated carbocycles. The lowest BCUT2D eigenvalue weighted by atomic mass is 10.0. The molecular weight excluding hydrogens is 431 g/mol. The largest absolute Gasteiger partial charge is 0.322 e. The van der Waals surface area contributed by atoms with Gasteiger partial charge < -0.3 is 4.98 Å². The van der Waals surface area contributed by atoms with Crippen LogP contribution in [0.2, 0.25) is 0 Å². The molecule has 8 heteroatoms. The number of halogens is 1. The zero-order valence-corrected chi connectivity index (χ0v) is 19.6. The van der Waals surface area contributed by atoms with Crippen molar-refractivity contribution in [1.29, 1.82) is 0 Å². The molecule has 1 aliphatic rings. The first-order valence-corrected chi connectivity index (χ1v) is 11.8. The van der Waals surface area contributed by atoms with E-state index >= 15 is 0 Å². The van der Waals surface area contributed by atoms with Gasteiger partial charge in [0.25, 0.3) is 5.56 Å². The third-order valence-corrected chi connectivity index (χ3v) is 6.85. The van der Waals surface area contributed by atoms with E-state index in [1.54, 1.807) is 12.1 Å². The van der Waals surface area contributed by atoms with Crippen molar-refractivity contribution in [1.82, 2.24) is 30.1 Å². The van der Waals surface area contributed by atoms with Gasteiger partial charge in [-0.05, 0) is 89.5 Å². The van der Waals surface area contributed by atoms with E-state index in [1.165, 1.54) is 30.5 Å². The number of aromatic nitrogens is 5. The number of pyridine rings is 1. The Morgan fingerprint density at radius 2 is 1.76 bits per heavy atom. The molecule has 1 aliphatic carbocycles. The first-order valence-electron chi connectivity index (χ1n) is 11.8. The van der Waals surface area contributed by atoms with Crippen molar-refractivity contribution >= 4 is 10.9 Å². The lowest BCUT2D eigenvalue weighted by molar-refractivity contribution is 0.231. The lowest BCUT2D eigenvalue weighted by Gasteiger charge is -2.23. The molecule has 0 saturated heterocycles. The van der Waals surface area contributed by atoms with Gasteiger partial charge in [-0.2, -0.15) is 0 Å². The van der Waals surface area contributed by atoms with Gasteiger partial charge in [0.2, 0.25) is 0 Å². The van der Waals surface area contributed by atoms with Crippen molar-refractivity contribution in [2.75, 3.05) is 0 Å². The molecular formula is C26H29FN6O. The number of nitrogens with zero attached hydrogens (tertiary/aromatic N) is 5. The topological polar surface area (TPSA) is 79.7 Å². The summed E-state index contributed by atoms with van der Waals surface area (Å²) in [7, 11) is 0. The van der Waals surface area contributed by atoms with Gasteiger partial charge in [-0.25, -0.2) is 9.07 Å². The molecule has 5 rings (SSSR count). The van der Waals surface area contributed by atoms with Gasteiger partial charge in [0.15, 0.2) is 5.82 Å². The summed E-state index contributed by atoms with van der Waals surface area (Å²) in [5.74, 6) is 0.523. The van der Waals surface area contributed by atoms with E-state index in [1.807, 2.05) is 23.7 Å². The van der Waals surface area contributed by atoms with Crippen LogP contribution in [0.15, 0.2) is 47.3 Å². The number of benzene rings is 2. The standard InChI is InChI=1S/C26H29FN6O/c1-17-11-20-13-21(26(34)28-24(20)12-18(17)2)15-32(14-19-7-9-22(27)10-8-19)16-25-29-30-31-33(25)23-5-3-4-6-23/h7-13,23H,3-6,14-16H2,1-2H3,(H,28,34). The van der Waals surface area contributed by atoms with Crippen LogP contribution in [0.25, 0.3) is 10.9 Å². The van der Waals surface area contributed by atoms with Crippen molar-refractivity contribution in [3.8, 4) is 0 Å². The molecule has 7 nitrogen and oxygen atoms in total. The fourth-order valence-corrected chi connectivity index (χ4v) is 4.84. The Morgan fingerprint density at radius 1 is 1.03 bits per heavy atom. The molecule has 0 radical (unpaired) electrons. The maximum absolute atomic E-state index is 13.5. The van der Waals surface area contributed by atoms with Crippen LogP contribution >= 0.6 is 0 Å². The number of H-pyrrole nitrogens is 1. The predicted octanol–water partition coefficient (Wildman–Crippen LogP) is 4.59. The number of hydrogen-bond donors (Lipinski definition) is 1. The van der Waals surface area contributed by atoms with Gasteiger partial charge in [-0.1, -0.05) is 25.0 Å². The number of aromatic amines is 1. The second kappa shape index (κ2) is 9.46. The summed E-state index contributed by atoms with van der Waals surface area (Å²) >= 11 is 0. The summed E-state index contributed by atoms with van der Waals surface area (Å²) in [6.07, 6.45) is 4.54. The van der Waals surface area contributed by atoms with E-state index in [9.17, 15) is 9.18 Å². The maximum Gasteiger partial charge on any atom is 0.252 e. The van der Waals surface area contributed by atoms with Crippen molar-refractivity contribution in [3.05, 3.63) is 86.7 Å². The molecule has 0 atom stereocenters. The highest BCUT2D eigenvalue weighted by atomic mass is 19.1. The van der Waals surface area contributed by atoms with Crippen LogP contribution in [0.5, 0.6) is 0 Å². The summed E-state index contributed by atoms with van der Waals surface area (Å²) in [6.45, 7) is 5.57. The normalized spacial score (nSPS) is 14.5. The molecule has 1 N–H and O–H groups in total. The summed E-state index contributed by atoms with van der Waals surface area (Å²) in [5.41, 5.74) is 4.71. The smallest absolute Gasteiger partial charge is 0.252 e. The number of tetrazole rings is 1. The van der Waals surface area contributed by atoms with Gasteiger partial charge in [0.05, 0.1) is 12.6 Å². The quantitative estimate of drug-likeness (QED) is 0.436. The van der Waals surface area contributed by atoms with Crippen LogP contribution < -0.4 is 5.56 Å². The molecule has 1 fully saturated rings. The molecule has 2 heterocycles. The van der Waals surface area contributed by atoms with Gasteiger partial charge in [0, 0.05) is 24.2 Å². The number of fused-ring (bicyclic) bond motifs is 1. The average Bonchev–Trinajstić information content (AvgIpc) is 3.49. The summed E-state index contributed by atoms with van der Waals surface area (Å²) < 4.78 is 15.4. The van der Waals surface area contributed by atoms with Crippen LogP contribution in [0, 0.1) is 19.7 Å². The monoisotopic (exact) mass is 460 g/mol. The Hall–Kier alpha value is -3.39. The fourth-order valence-electron chi connectivity index (χ4n) is 4.84. The third-order valence-electron chi connectivity index (χ3n) is 6.85. The van der Waals surface area contributed by atoms with Gasteiger partial charge in [-0.15, -0.1) is 5.10 Å². The molecule has 34 heavy (non-hydrogen) atoms. The van der Waals surface area contributed by atoms with E-state index < -0.39 is 0 Å². The van der Waals surface area contributed by atoms with Crippen molar-refractivity contribution in [2.45, 2.75) is 65.2 Å². The Kier molecular flexibility index (Phi) is 6.24. The van der Waals surface area contributed by atoms with E-state index in [0.29, 0.717) is 31.2 Å². The summed E-state index contributed by atoms with van der Waals surface area (Å²) in [5, 5.41) is 13.5. The van der Waals surface area contributed by atoms with Crippen LogP contribution in [-0.4, -0.2) is 30.1 Å². The summed E-state index contributed by atoms with van der Waals surface area (Å²) in [6, 6.07) is 12.9. The minimum absolute atomic E-state index is 0.102. The molecule has 2 aromatic carbocycles. The highest BCUT2D eigenvalue weighted by Crippen LogP contribution is 2.29. The summed E-state index contributed by atoms with van der Waals surface area (Å²) in [4.78, 5) is 18.1. The zero-order valence-electron chi connectivity index (χ0n) is 19.6. The lowest BCUT2D eigenvalue weighted by Crippen LogP contribution is -2.28. The van der Waals surface area contributed by atoms with Gasteiger partial charge in [0.1, 0.15) is 5.82 Å². The van der Waals surface area contributed by atoms with Crippen LogP contribution in [-0.2, 0) is 19.6 Å². The van der Waals surface area contributed by atoms with Gasteiger partial charge in [-0.3, -0.25) is 9.69 Å². The number of nitrogens with one attached hydrogen (secondary N) is 1. The molecule has 0 aliphatic heterocycles. The van der Waals surface area contributed by atoms with Crippen LogP contribution in [0.4, 0.5) is 4.39 Å². The Balaban J connectivity index is 1.46. The molecule has 176 valence electrons. The number of rotatable bonds is 7. The fraction of sp³-hybridized carbons (Fsp3) is 0.385. The van der Waals surface area contributed by atoms with E-state index in [2.05, 4.69) is 38.4 Å². The molecule has 0 unspecified atom stereocenters. The Labute approximate surface area is 197 Å². The highest BCUT2D eigenvalue weighted by molar-refractivity contribution is 5.80. The maximum atomic E-state index is 13.5. The van der Waals surface area contributed by atoms with Crippen molar-refractivity contribution in [2.24, 2.45) is 0 Å². The number of aryl methyl sites for hydroxylation is 2. The first-order chi connectivity index (χ1) is 16.5. The van der Waals surface area contributed by atoms with E-state index in [4.69, 9.17) is 0 Å². The minimum Gasteiger partial charge on any atom is -0.322 e. The van der Waals surface area contributed by atoms with Gasteiger partial charge >= 0.3 is 0 Å². The van der Waals surface area contributed by atoms with Crippen LogP contribution in [0.3, 0.4) is 0 Å². The first kappa shape index (κ1) is 22.4. The molecule has 0 bridgehead atoms. The molecule has 0 spiro atoms. The second-order valence-electron chi connectivity index (χ2n) is 9.40. The zero-order chi connectivity index (χ0) is 23.7. The second-order valence-corrected chi connectivity index (χ2v) is 9.40.